The predicted molar refractivity (Wildman–Crippen MR) is 79.6 cm³/mol. The normalized spacial score (nSPS) is 10.2. The average Bonchev–Trinajstić information content (AvgIpc) is 2.42. The van der Waals surface area contributed by atoms with Crippen molar-refractivity contribution in [1.29, 1.82) is 5.26 Å². The summed E-state index contributed by atoms with van der Waals surface area (Å²) in [6.07, 6.45) is 0. The standard InChI is InChI=1S/C15H11Cl2FN2/c1-9-4-13(17)15(6-12(9)16)20-8-11-3-2-10(7-19)5-14(11)18/h2-6,20H,8H2,1H3. The van der Waals surface area contributed by atoms with E-state index < -0.39 is 5.82 Å². The van der Waals surface area contributed by atoms with E-state index in [1.165, 1.54) is 6.07 Å². The van der Waals surface area contributed by atoms with E-state index in [9.17, 15) is 4.39 Å². The van der Waals surface area contributed by atoms with Crippen LogP contribution in [0.2, 0.25) is 10.0 Å². The first-order valence-corrected chi connectivity index (χ1v) is 6.65. The average molecular weight is 309 g/mol. The number of nitrogens with one attached hydrogen (secondary N) is 1. The SMILES string of the molecule is Cc1cc(Cl)c(NCc2ccc(C#N)cc2F)cc1Cl. The summed E-state index contributed by atoms with van der Waals surface area (Å²) in [7, 11) is 0. The molecule has 102 valence electrons. The Labute approximate surface area is 126 Å². The molecule has 0 atom stereocenters. The zero-order chi connectivity index (χ0) is 14.7. The van der Waals surface area contributed by atoms with Crippen molar-refractivity contribution in [2.24, 2.45) is 0 Å². The fourth-order valence-electron chi connectivity index (χ4n) is 1.73. The van der Waals surface area contributed by atoms with Crippen molar-refractivity contribution in [3.63, 3.8) is 0 Å². The number of halogens is 3. The molecule has 0 radical (unpaired) electrons. The molecule has 1 N–H and O–H groups in total. The number of rotatable bonds is 3. The van der Waals surface area contributed by atoms with Crippen LogP contribution in [0.25, 0.3) is 0 Å². The van der Waals surface area contributed by atoms with Gasteiger partial charge in [0.05, 0.1) is 22.3 Å². The van der Waals surface area contributed by atoms with E-state index in [2.05, 4.69) is 5.32 Å². The Bertz CT molecular complexity index is 693. The first-order chi connectivity index (χ1) is 9.51. The van der Waals surface area contributed by atoms with Crippen LogP contribution in [0, 0.1) is 24.1 Å². The predicted octanol–water partition coefficient (Wildman–Crippen LogP) is 4.92. The van der Waals surface area contributed by atoms with Gasteiger partial charge < -0.3 is 5.32 Å². The minimum absolute atomic E-state index is 0.261. The Morgan fingerprint density at radius 3 is 2.60 bits per heavy atom. The number of nitrogens with zero attached hydrogens (tertiary/aromatic N) is 1. The van der Waals surface area contributed by atoms with Gasteiger partial charge in [0.1, 0.15) is 5.82 Å². The van der Waals surface area contributed by atoms with Crippen LogP contribution in [0.3, 0.4) is 0 Å². The zero-order valence-corrected chi connectivity index (χ0v) is 12.2. The molecule has 2 nitrogen and oxygen atoms in total. The molecule has 0 aromatic heterocycles. The molecule has 2 rings (SSSR count). The van der Waals surface area contributed by atoms with Gasteiger partial charge in [0.15, 0.2) is 0 Å². The molecule has 0 heterocycles. The van der Waals surface area contributed by atoms with Gasteiger partial charge in [-0.2, -0.15) is 5.26 Å². The van der Waals surface area contributed by atoms with Gasteiger partial charge >= 0.3 is 0 Å². The molecule has 0 fully saturated rings. The van der Waals surface area contributed by atoms with E-state index in [1.54, 1.807) is 24.3 Å². The lowest BCUT2D eigenvalue weighted by Gasteiger charge is -2.11. The minimum atomic E-state index is -0.425. The monoisotopic (exact) mass is 308 g/mol. The van der Waals surface area contributed by atoms with Crippen molar-refractivity contribution in [1.82, 2.24) is 0 Å². The van der Waals surface area contributed by atoms with Crippen LogP contribution < -0.4 is 5.32 Å². The van der Waals surface area contributed by atoms with Crippen LogP contribution in [-0.2, 0) is 6.54 Å². The van der Waals surface area contributed by atoms with Gasteiger partial charge in [-0.15, -0.1) is 0 Å². The second-order valence-electron chi connectivity index (χ2n) is 4.35. The van der Waals surface area contributed by atoms with E-state index in [0.29, 0.717) is 26.9 Å². The lowest BCUT2D eigenvalue weighted by molar-refractivity contribution is 0.612. The van der Waals surface area contributed by atoms with Crippen molar-refractivity contribution >= 4 is 28.9 Å². The summed E-state index contributed by atoms with van der Waals surface area (Å²) in [5, 5.41) is 12.8. The van der Waals surface area contributed by atoms with Gasteiger partial charge in [-0.05, 0) is 36.8 Å². The molecule has 0 saturated heterocycles. The number of benzene rings is 2. The van der Waals surface area contributed by atoms with E-state index in [4.69, 9.17) is 28.5 Å². The fraction of sp³-hybridized carbons (Fsp3) is 0.133. The summed E-state index contributed by atoms with van der Waals surface area (Å²) < 4.78 is 13.7. The molecule has 5 heteroatoms. The molecule has 0 aliphatic rings. The van der Waals surface area contributed by atoms with E-state index >= 15 is 0 Å². The van der Waals surface area contributed by atoms with Gasteiger partial charge in [0.2, 0.25) is 0 Å². The number of anilines is 1. The quantitative estimate of drug-likeness (QED) is 0.873. The van der Waals surface area contributed by atoms with Crippen molar-refractivity contribution in [3.8, 4) is 6.07 Å². The van der Waals surface area contributed by atoms with Gasteiger partial charge in [0, 0.05) is 17.1 Å². The Morgan fingerprint density at radius 1 is 1.20 bits per heavy atom. The molecule has 0 spiro atoms. The molecule has 0 amide bonds. The number of aryl methyl sites for hydroxylation is 1. The van der Waals surface area contributed by atoms with Gasteiger partial charge in [-0.1, -0.05) is 29.3 Å². The van der Waals surface area contributed by atoms with E-state index in [0.717, 1.165) is 5.56 Å². The maximum atomic E-state index is 13.7. The van der Waals surface area contributed by atoms with Gasteiger partial charge in [-0.25, -0.2) is 4.39 Å². The number of hydrogen-bond acceptors (Lipinski definition) is 2. The highest BCUT2D eigenvalue weighted by Gasteiger charge is 2.07. The second kappa shape index (κ2) is 6.13. The van der Waals surface area contributed by atoms with Crippen molar-refractivity contribution in [3.05, 3.63) is 62.9 Å². The third kappa shape index (κ3) is 3.22. The first kappa shape index (κ1) is 14.6. The molecule has 0 unspecified atom stereocenters. The molecular formula is C15H11Cl2FN2. The minimum Gasteiger partial charge on any atom is -0.380 e. The van der Waals surface area contributed by atoms with Crippen LogP contribution in [-0.4, -0.2) is 0 Å². The maximum Gasteiger partial charge on any atom is 0.129 e. The molecule has 2 aromatic rings. The van der Waals surface area contributed by atoms with Crippen LogP contribution in [0.4, 0.5) is 10.1 Å². The third-order valence-electron chi connectivity index (χ3n) is 2.90. The Hall–Kier alpha value is -1.76. The maximum absolute atomic E-state index is 13.7. The topological polar surface area (TPSA) is 35.8 Å². The van der Waals surface area contributed by atoms with Crippen LogP contribution in [0.1, 0.15) is 16.7 Å². The number of nitriles is 1. The van der Waals surface area contributed by atoms with Crippen LogP contribution in [0.5, 0.6) is 0 Å². The number of hydrogen-bond donors (Lipinski definition) is 1. The third-order valence-corrected chi connectivity index (χ3v) is 3.62. The summed E-state index contributed by atoms with van der Waals surface area (Å²) in [5.41, 5.74) is 2.28. The summed E-state index contributed by atoms with van der Waals surface area (Å²) in [5.74, 6) is -0.425. The Morgan fingerprint density at radius 2 is 1.95 bits per heavy atom. The summed E-state index contributed by atoms with van der Waals surface area (Å²) in [6.45, 7) is 2.12. The smallest absolute Gasteiger partial charge is 0.129 e. The van der Waals surface area contributed by atoms with Crippen LogP contribution >= 0.6 is 23.2 Å². The zero-order valence-electron chi connectivity index (χ0n) is 10.7. The molecule has 0 aliphatic carbocycles. The Kier molecular flexibility index (Phi) is 4.49. The Balaban J connectivity index is 2.17. The highest BCUT2D eigenvalue weighted by molar-refractivity contribution is 6.35. The summed E-state index contributed by atoms with van der Waals surface area (Å²) in [4.78, 5) is 0. The second-order valence-corrected chi connectivity index (χ2v) is 5.17. The highest BCUT2D eigenvalue weighted by Crippen LogP contribution is 2.29. The lowest BCUT2D eigenvalue weighted by Crippen LogP contribution is -2.03. The van der Waals surface area contributed by atoms with E-state index in [1.807, 2.05) is 13.0 Å². The fourth-order valence-corrected chi connectivity index (χ4v) is 2.18. The van der Waals surface area contributed by atoms with E-state index in [-0.39, 0.29) is 6.54 Å². The molecule has 0 aliphatic heterocycles. The van der Waals surface area contributed by atoms with Gasteiger partial charge in [0.25, 0.3) is 0 Å². The van der Waals surface area contributed by atoms with Gasteiger partial charge in [-0.3, -0.25) is 0 Å². The van der Waals surface area contributed by atoms with Crippen LogP contribution in [0.15, 0.2) is 30.3 Å². The molecule has 2 aromatic carbocycles. The summed E-state index contributed by atoms with van der Waals surface area (Å²) in [6, 6.07) is 9.71. The molecule has 0 bridgehead atoms. The van der Waals surface area contributed by atoms with Crippen molar-refractivity contribution in [2.45, 2.75) is 13.5 Å². The van der Waals surface area contributed by atoms with Crippen molar-refractivity contribution in [2.75, 3.05) is 5.32 Å². The molecular weight excluding hydrogens is 298 g/mol. The van der Waals surface area contributed by atoms with Crippen molar-refractivity contribution < 1.29 is 4.39 Å². The lowest BCUT2D eigenvalue weighted by atomic mass is 10.1. The summed E-state index contributed by atoms with van der Waals surface area (Å²) >= 11 is 12.1. The molecule has 0 saturated carbocycles. The largest absolute Gasteiger partial charge is 0.380 e. The molecule has 20 heavy (non-hydrogen) atoms. The highest BCUT2D eigenvalue weighted by atomic mass is 35.5. The first-order valence-electron chi connectivity index (χ1n) is 5.89.